The second kappa shape index (κ2) is 10.4. The maximum atomic E-state index is 13.5. The van der Waals surface area contributed by atoms with E-state index < -0.39 is 24.5 Å². The quantitative estimate of drug-likeness (QED) is 0.374. The second-order valence-corrected chi connectivity index (χ2v) is 11.0. The maximum absolute atomic E-state index is 13.5. The van der Waals surface area contributed by atoms with Crippen LogP contribution < -0.4 is 11.0 Å². The maximum Gasteiger partial charge on any atom is 0.406 e. The smallest absolute Gasteiger partial charge is 0.343 e. The first-order chi connectivity index (χ1) is 19.6. The number of hydrogen-bond acceptors (Lipinski definition) is 4. The monoisotopic (exact) mass is 561 g/mol. The first kappa shape index (κ1) is 27.1. The average molecular weight is 561 g/mol. The molecule has 2 aliphatic heterocycles. The molecule has 2 amide bonds. The number of nitrogens with one attached hydrogen (secondary N) is 2. The van der Waals surface area contributed by atoms with Gasteiger partial charge in [-0.15, -0.1) is 0 Å². The Morgan fingerprint density at radius 2 is 1.88 bits per heavy atom. The third kappa shape index (κ3) is 5.34. The summed E-state index contributed by atoms with van der Waals surface area (Å²) in [5.74, 6) is -1.99. The average Bonchev–Trinajstić information content (AvgIpc) is 3.39. The van der Waals surface area contributed by atoms with E-state index in [0.717, 1.165) is 15.8 Å². The van der Waals surface area contributed by atoms with Crippen LogP contribution in [0.4, 0.5) is 13.2 Å². The van der Waals surface area contributed by atoms with Gasteiger partial charge in [-0.05, 0) is 53.8 Å². The molecule has 2 aromatic carbocycles. The van der Waals surface area contributed by atoms with Crippen molar-refractivity contribution in [1.82, 2.24) is 25.0 Å². The second-order valence-electron chi connectivity index (χ2n) is 11.0. The van der Waals surface area contributed by atoms with Gasteiger partial charge in [-0.2, -0.15) is 18.3 Å². The molecular formula is C29H27BF3N5O3. The van der Waals surface area contributed by atoms with E-state index in [2.05, 4.69) is 15.2 Å². The molecule has 2 N–H and O–H groups in total. The molecule has 0 bridgehead atoms. The van der Waals surface area contributed by atoms with Crippen LogP contribution in [0.3, 0.4) is 0 Å². The van der Waals surface area contributed by atoms with Crippen LogP contribution in [0.5, 0.6) is 0 Å². The van der Waals surface area contributed by atoms with Gasteiger partial charge >= 0.3 is 6.18 Å². The number of rotatable bonds is 4. The number of alkyl halides is 3. The van der Waals surface area contributed by atoms with Crippen molar-refractivity contribution < 1.29 is 22.8 Å². The summed E-state index contributed by atoms with van der Waals surface area (Å²) < 4.78 is 40.4. The summed E-state index contributed by atoms with van der Waals surface area (Å²) in [6, 6.07) is 11.1. The summed E-state index contributed by atoms with van der Waals surface area (Å²) in [6.45, 7) is -0.879. The Labute approximate surface area is 234 Å². The van der Waals surface area contributed by atoms with Crippen LogP contribution in [-0.4, -0.2) is 70.5 Å². The Hall–Kier alpha value is -4.09. The predicted octanol–water partition coefficient (Wildman–Crippen LogP) is 3.06. The summed E-state index contributed by atoms with van der Waals surface area (Å²) >= 11 is 0. The van der Waals surface area contributed by atoms with Crippen molar-refractivity contribution >= 4 is 46.9 Å². The number of halogens is 3. The highest BCUT2D eigenvalue weighted by molar-refractivity contribution is 6.38. The highest BCUT2D eigenvalue weighted by atomic mass is 19.4. The van der Waals surface area contributed by atoms with Crippen LogP contribution in [0.25, 0.3) is 21.8 Å². The van der Waals surface area contributed by atoms with Crippen LogP contribution in [-0.2, 0) is 22.6 Å². The van der Waals surface area contributed by atoms with Crippen LogP contribution in [0, 0.1) is 5.92 Å². The van der Waals surface area contributed by atoms with Gasteiger partial charge in [0, 0.05) is 42.5 Å². The fourth-order valence-corrected chi connectivity index (χ4v) is 6.26. The Kier molecular flexibility index (Phi) is 6.87. The van der Waals surface area contributed by atoms with Gasteiger partial charge < -0.3 is 14.8 Å². The zero-order chi connectivity index (χ0) is 28.9. The molecule has 4 aromatic rings. The van der Waals surface area contributed by atoms with Crippen LogP contribution in [0.15, 0.2) is 47.4 Å². The summed E-state index contributed by atoms with van der Waals surface area (Å²) in [5, 5.41) is 8.25. The zero-order valence-electron chi connectivity index (χ0n) is 22.1. The van der Waals surface area contributed by atoms with E-state index >= 15 is 0 Å². The van der Waals surface area contributed by atoms with Crippen LogP contribution in [0.1, 0.15) is 41.9 Å². The van der Waals surface area contributed by atoms with E-state index in [0.29, 0.717) is 59.0 Å². The zero-order valence-corrected chi connectivity index (χ0v) is 22.1. The van der Waals surface area contributed by atoms with Gasteiger partial charge in [-0.25, -0.2) is 0 Å². The number of nitrogens with zero attached hydrogens (tertiary/aromatic N) is 3. The van der Waals surface area contributed by atoms with Crippen molar-refractivity contribution in [2.75, 3.05) is 19.6 Å². The first-order valence-corrected chi connectivity index (χ1v) is 13.6. The fourth-order valence-electron chi connectivity index (χ4n) is 6.26. The number of carbonyl (C=O) groups excluding carboxylic acids is 2. The van der Waals surface area contributed by atoms with Gasteiger partial charge in [0.1, 0.15) is 14.4 Å². The van der Waals surface area contributed by atoms with E-state index in [1.165, 1.54) is 6.20 Å². The largest absolute Gasteiger partial charge is 0.406 e. The molecule has 0 unspecified atom stereocenters. The minimum atomic E-state index is -4.60. The van der Waals surface area contributed by atoms with E-state index in [4.69, 9.17) is 7.85 Å². The Bertz CT molecular complexity index is 1710. The molecule has 0 saturated carbocycles. The number of H-pyrrole nitrogens is 2. The third-order valence-corrected chi connectivity index (χ3v) is 8.31. The van der Waals surface area contributed by atoms with Gasteiger partial charge in [0.15, 0.2) is 0 Å². The Balaban J connectivity index is 1.20. The predicted molar refractivity (Wildman–Crippen MR) is 148 cm³/mol. The number of likely N-dealkylation sites (tertiary alicyclic amines) is 1. The standard InChI is InChI=1S/C29H27BF3N5O3/c30-23-11-18-9-19(28(41)38(15-29(31,32)33)14-22(18)21-13-34-36-26(21)23)12-25(39)37-7-5-16(6-8-37)20-10-17-3-1-2-4-24(17)35-27(20)40/h1-4,10-11,13,16,19H,5-9,12,14-15H2,(H,34,36)(H,35,40)/t19-/m0/s1. The van der Waals surface area contributed by atoms with Crippen molar-refractivity contribution in [3.05, 3.63) is 69.6 Å². The molecule has 2 aromatic heterocycles. The lowest BCUT2D eigenvalue weighted by atomic mass is 9.85. The molecule has 1 atom stereocenters. The number of fused-ring (bicyclic) bond motifs is 4. The highest BCUT2D eigenvalue weighted by Gasteiger charge is 2.39. The number of para-hydroxylation sites is 1. The number of aromatic nitrogens is 3. The molecule has 1 saturated heterocycles. The van der Waals surface area contributed by atoms with Crippen molar-refractivity contribution in [3.8, 4) is 0 Å². The lowest BCUT2D eigenvalue weighted by Crippen LogP contribution is -2.44. The number of hydrogen-bond donors (Lipinski definition) is 2. The number of aromatic amines is 2. The normalized spacial score (nSPS) is 18.6. The van der Waals surface area contributed by atoms with Gasteiger partial charge in [0.2, 0.25) is 11.8 Å². The summed E-state index contributed by atoms with van der Waals surface area (Å²) in [4.78, 5) is 44.9. The fraction of sp³-hybridized carbons (Fsp3) is 0.379. The lowest BCUT2D eigenvalue weighted by Gasteiger charge is -2.33. The van der Waals surface area contributed by atoms with E-state index in [-0.39, 0.29) is 36.8 Å². The minimum Gasteiger partial charge on any atom is -0.343 e. The molecule has 4 heterocycles. The van der Waals surface area contributed by atoms with Crippen molar-refractivity contribution in [3.63, 3.8) is 0 Å². The van der Waals surface area contributed by atoms with E-state index in [1.54, 1.807) is 11.0 Å². The molecule has 2 aliphatic rings. The summed E-state index contributed by atoms with van der Waals surface area (Å²) in [6.07, 6.45) is -2.06. The molecule has 12 heteroatoms. The number of benzene rings is 2. The van der Waals surface area contributed by atoms with Crippen molar-refractivity contribution in [2.45, 2.75) is 44.3 Å². The molecule has 0 aliphatic carbocycles. The van der Waals surface area contributed by atoms with E-state index in [9.17, 15) is 27.6 Å². The molecular weight excluding hydrogens is 534 g/mol. The van der Waals surface area contributed by atoms with E-state index in [1.807, 2.05) is 30.3 Å². The van der Waals surface area contributed by atoms with Crippen LogP contribution >= 0.6 is 0 Å². The molecule has 6 rings (SSSR count). The molecule has 0 spiro atoms. The summed E-state index contributed by atoms with van der Waals surface area (Å²) in [7, 11) is 6.16. The SMILES string of the molecule is [B]c1cc2c(c3cn[nH]c13)CN(CC(F)(F)F)C(=O)[C@H](CC(=O)N1CCC(c3cc4ccccc4[nH]c3=O)CC1)C2. The number of amides is 2. The summed E-state index contributed by atoms with van der Waals surface area (Å²) in [5.41, 5.74) is 3.37. The number of piperidine rings is 1. The molecule has 8 nitrogen and oxygen atoms in total. The minimum absolute atomic E-state index is 0.0265. The lowest BCUT2D eigenvalue weighted by molar-refractivity contribution is -0.165. The highest BCUT2D eigenvalue weighted by Crippen LogP contribution is 2.33. The van der Waals surface area contributed by atoms with Gasteiger partial charge in [0.25, 0.3) is 5.56 Å². The molecule has 2 radical (unpaired) electrons. The van der Waals surface area contributed by atoms with Crippen molar-refractivity contribution in [2.24, 2.45) is 5.92 Å². The Morgan fingerprint density at radius 1 is 1.12 bits per heavy atom. The molecule has 210 valence electrons. The molecule has 41 heavy (non-hydrogen) atoms. The van der Waals surface area contributed by atoms with Crippen molar-refractivity contribution in [1.29, 1.82) is 0 Å². The number of pyridine rings is 1. The first-order valence-electron chi connectivity index (χ1n) is 13.6. The topological polar surface area (TPSA) is 102 Å². The van der Waals surface area contributed by atoms with Gasteiger partial charge in [-0.1, -0.05) is 29.7 Å². The molecule has 1 fully saturated rings. The van der Waals surface area contributed by atoms with Crippen LogP contribution in [0.2, 0.25) is 0 Å². The van der Waals surface area contributed by atoms with Gasteiger partial charge in [0.05, 0.1) is 17.6 Å². The Morgan fingerprint density at radius 3 is 2.63 bits per heavy atom. The number of carbonyl (C=O) groups is 2. The third-order valence-electron chi connectivity index (χ3n) is 8.31. The van der Waals surface area contributed by atoms with Gasteiger partial charge in [-0.3, -0.25) is 19.5 Å².